The normalized spacial score (nSPS) is 15.0. The van der Waals surface area contributed by atoms with Gasteiger partial charge in [0.2, 0.25) is 0 Å². The Morgan fingerprint density at radius 1 is 0.467 bits per heavy atom. The van der Waals surface area contributed by atoms with Gasteiger partial charge in [0.05, 0.1) is 82.9 Å². The van der Waals surface area contributed by atoms with E-state index in [2.05, 4.69) is 113 Å². The van der Waals surface area contributed by atoms with Crippen LogP contribution < -0.4 is 21.3 Å². The van der Waals surface area contributed by atoms with E-state index in [0.717, 1.165) is 72.9 Å². The van der Waals surface area contributed by atoms with Gasteiger partial charge < -0.3 is 50.0 Å². The Morgan fingerprint density at radius 2 is 0.838 bits per heavy atom. The number of hydrogen-bond acceptors (Lipinski definition) is 20. The van der Waals surface area contributed by atoms with Gasteiger partial charge in [-0.15, -0.1) is 45.3 Å². The van der Waals surface area contributed by atoms with E-state index in [1.54, 1.807) is 70.4 Å². The van der Waals surface area contributed by atoms with E-state index in [1.165, 1.54) is 34.0 Å². The summed E-state index contributed by atoms with van der Waals surface area (Å²) in [6, 6.07) is 38.3. The van der Waals surface area contributed by atoms with Crippen LogP contribution in [0.3, 0.4) is 0 Å². The number of amides is 6. The molecule has 2 aliphatic rings. The third-order valence-electron chi connectivity index (χ3n) is 18.6. The monoisotopic (exact) mass is 1510 g/mol. The quantitative estimate of drug-likeness (QED) is 0.0279. The smallest absolute Gasteiger partial charge is 0.407 e. The first kappa shape index (κ1) is 80.8. The zero-order valence-corrected chi connectivity index (χ0v) is 64.1. The minimum Gasteiger partial charge on any atom is -0.444 e. The lowest BCUT2D eigenvalue weighted by Crippen LogP contribution is -2.48. The lowest BCUT2D eigenvalue weighted by molar-refractivity contribution is -0.123. The fourth-order valence-electron chi connectivity index (χ4n) is 12.8. The Labute approximate surface area is 634 Å². The lowest BCUT2D eigenvalue weighted by atomic mass is 9.86. The van der Waals surface area contributed by atoms with E-state index in [-0.39, 0.29) is 60.8 Å². The number of Topliss-reactive ketones (excluding diaryl/α,β-unsaturated/α-hetero) is 2. The minimum atomic E-state index is -0.645. The van der Waals surface area contributed by atoms with Crippen molar-refractivity contribution in [1.29, 1.82) is 0 Å². The lowest BCUT2D eigenvalue weighted by Gasteiger charge is -2.29. The summed E-state index contributed by atoms with van der Waals surface area (Å²) in [5.41, 5.74) is 9.67. The number of carbonyl (C=O) groups is 6. The Morgan fingerprint density at radius 3 is 1.20 bits per heavy atom. The van der Waals surface area contributed by atoms with Crippen LogP contribution in [0.25, 0.3) is 0 Å². The second-order valence-corrected chi connectivity index (χ2v) is 31.3. The number of aromatic nitrogens is 4. The van der Waals surface area contributed by atoms with Crippen LogP contribution in [0.5, 0.6) is 0 Å². The molecule has 2 fully saturated rings. The molecule has 8 aromatic rings. The average molecular weight is 1510 g/mol. The number of thiazole rings is 4. The average Bonchev–Trinajstić information content (AvgIpc) is 1.13. The number of carbonyl (C=O) groups excluding carboxylic acids is 6. The molecule has 6 atom stereocenters. The fourth-order valence-corrected chi connectivity index (χ4v) is 15.4. The SMILES string of the molecule is CC(C)c1ncc(CN(C)C(=O)NC(CCN2CCOCC2)C(=O)CC(CCC(Cc2ccccc2)NC(=O)OCc2cncs2)Cc2ccccc2)s1.CN(Cc1cncs1)C(=O)NC(CCN1CCOCC1)C(=O)CC(CCC(Cc1ccccc1)NC(=O)OCc1cncs1)Cc1ccccc1. The van der Waals surface area contributed by atoms with E-state index in [4.69, 9.17) is 18.9 Å². The molecule has 6 heterocycles. The molecular weight excluding hydrogens is 1410 g/mol. The Kier molecular flexibility index (Phi) is 34.3. The number of benzene rings is 4. The van der Waals surface area contributed by atoms with Crippen molar-refractivity contribution in [1.82, 2.24) is 60.8 Å². The predicted molar refractivity (Wildman–Crippen MR) is 413 cm³/mol. The summed E-state index contributed by atoms with van der Waals surface area (Å²) in [6.45, 7) is 12.6. The molecule has 4 aromatic carbocycles. The molecular formula is C79H102N12O10S4. The van der Waals surface area contributed by atoms with Gasteiger partial charge in [-0.05, 0) is 98.3 Å². The van der Waals surface area contributed by atoms with Crippen molar-refractivity contribution in [3.63, 3.8) is 0 Å². The van der Waals surface area contributed by atoms with Crippen LogP contribution in [0.1, 0.15) is 118 Å². The number of rotatable bonds is 39. The molecule has 105 heavy (non-hydrogen) atoms. The van der Waals surface area contributed by atoms with Crippen LogP contribution >= 0.6 is 45.3 Å². The van der Waals surface area contributed by atoms with Gasteiger partial charge in [0.25, 0.3) is 0 Å². The Balaban J connectivity index is 0.000000244. The number of morpholine rings is 2. The molecule has 0 radical (unpaired) electrons. The molecule has 4 aromatic heterocycles. The van der Waals surface area contributed by atoms with Crippen LogP contribution in [0.4, 0.5) is 19.2 Å². The summed E-state index contributed by atoms with van der Waals surface area (Å²) in [5, 5.41) is 13.4. The van der Waals surface area contributed by atoms with E-state index >= 15 is 0 Å². The van der Waals surface area contributed by atoms with Gasteiger partial charge >= 0.3 is 24.2 Å². The summed E-state index contributed by atoms with van der Waals surface area (Å²) in [6.07, 6.45) is 13.0. The van der Waals surface area contributed by atoms with Crippen LogP contribution in [0, 0.1) is 11.8 Å². The summed E-state index contributed by atoms with van der Waals surface area (Å²) >= 11 is 5.98. The van der Waals surface area contributed by atoms with Crippen molar-refractivity contribution in [2.75, 3.05) is 79.8 Å². The second-order valence-electron chi connectivity index (χ2n) is 27.2. The van der Waals surface area contributed by atoms with Gasteiger partial charge in [-0.3, -0.25) is 34.3 Å². The molecule has 4 N–H and O–H groups in total. The van der Waals surface area contributed by atoms with E-state index in [0.29, 0.717) is 136 Å². The molecule has 0 saturated carbocycles. The molecule has 0 aliphatic carbocycles. The van der Waals surface area contributed by atoms with Crippen molar-refractivity contribution in [3.8, 4) is 0 Å². The van der Waals surface area contributed by atoms with Crippen LogP contribution in [-0.2, 0) is 80.5 Å². The Hall–Kier alpha value is -8.34. The van der Waals surface area contributed by atoms with Gasteiger partial charge in [-0.2, -0.15) is 0 Å². The molecule has 22 nitrogen and oxygen atoms in total. The van der Waals surface area contributed by atoms with E-state index in [1.807, 2.05) is 79.0 Å². The van der Waals surface area contributed by atoms with E-state index in [9.17, 15) is 28.8 Å². The Bertz CT molecular complexity index is 3780. The van der Waals surface area contributed by atoms with Crippen molar-refractivity contribution in [3.05, 3.63) is 209 Å². The summed E-state index contributed by atoms with van der Waals surface area (Å²) in [5.74, 6) is 0.329. The second kappa shape index (κ2) is 44.6. The van der Waals surface area contributed by atoms with Gasteiger partial charge in [0.15, 0.2) is 11.6 Å². The van der Waals surface area contributed by atoms with Gasteiger partial charge in [0.1, 0.15) is 13.2 Å². The van der Waals surface area contributed by atoms with Crippen LogP contribution in [-0.4, -0.2) is 179 Å². The van der Waals surface area contributed by atoms with Gasteiger partial charge in [-0.1, -0.05) is 135 Å². The molecule has 6 amide bonds. The molecule has 0 spiro atoms. The summed E-state index contributed by atoms with van der Waals surface area (Å²) in [4.78, 5) is 110. The summed E-state index contributed by atoms with van der Waals surface area (Å²) < 4.78 is 22.1. The summed E-state index contributed by atoms with van der Waals surface area (Å²) in [7, 11) is 3.49. The third-order valence-corrected chi connectivity index (χ3v) is 22.1. The van der Waals surface area contributed by atoms with Crippen molar-refractivity contribution in [2.24, 2.45) is 11.8 Å². The topological polar surface area (TPSA) is 252 Å². The number of nitrogens with one attached hydrogen (secondary N) is 4. The maximum atomic E-state index is 14.3. The minimum absolute atomic E-state index is 0.00843. The highest BCUT2D eigenvalue weighted by Gasteiger charge is 2.31. The number of alkyl carbamates (subject to hydrolysis) is 2. The van der Waals surface area contributed by atoms with Crippen molar-refractivity contribution < 1.29 is 47.7 Å². The van der Waals surface area contributed by atoms with Crippen LogP contribution in [0.15, 0.2) is 163 Å². The number of nitrogens with zero attached hydrogens (tertiary/aromatic N) is 8. The number of ether oxygens (including phenoxy) is 4. The molecule has 2 aliphatic heterocycles. The molecule has 6 unspecified atom stereocenters. The van der Waals surface area contributed by atoms with E-state index < -0.39 is 24.3 Å². The third kappa shape index (κ3) is 29.9. The first-order valence-electron chi connectivity index (χ1n) is 36.4. The molecule has 10 rings (SSSR count). The van der Waals surface area contributed by atoms with Crippen LogP contribution in [0.2, 0.25) is 0 Å². The maximum Gasteiger partial charge on any atom is 0.407 e. The molecule has 2 saturated heterocycles. The van der Waals surface area contributed by atoms with Crippen molar-refractivity contribution >= 4 is 81.2 Å². The fraction of sp³-hybridized carbons (Fsp3) is 0.468. The first-order chi connectivity index (χ1) is 51.1. The van der Waals surface area contributed by atoms with Crippen molar-refractivity contribution in [2.45, 2.75) is 147 Å². The molecule has 26 heteroatoms. The largest absolute Gasteiger partial charge is 0.444 e. The first-order valence-corrected chi connectivity index (χ1v) is 39.9. The maximum absolute atomic E-state index is 14.3. The number of urea groups is 2. The van der Waals surface area contributed by atoms with Gasteiger partial charge in [0, 0.05) is 119 Å². The number of ketones is 2. The molecule has 0 bridgehead atoms. The predicted octanol–water partition coefficient (Wildman–Crippen LogP) is 13.1. The highest BCUT2D eigenvalue weighted by atomic mass is 32.1. The number of hydrogen-bond donors (Lipinski definition) is 4. The highest BCUT2D eigenvalue weighted by molar-refractivity contribution is 7.11. The zero-order chi connectivity index (χ0) is 73.8. The standard InChI is InChI=1S/C41H54N6O5S2.C38H48N6O5S2/c1-30(2)39-43-26-35(54-39)27-46(3)40(49)45-37(16-17-47-18-20-51-21-19-47)38(48)24-33(22-31-10-6-4-7-11-31)14-15-34(23-32-12-8-5-9-13-32)44-41(50)52-28-36-25-42-29-53-36;1-43(25-33-23-39-27-50-33)37(46)42-35(14-15-44-16-18-48-19-17-44)36(45)22-31(20-29-8-4-2-5-9-29)12-13-32(21-30-10-6-3-7-11-30)41-38(47)49-26-34-24-40-28-51-34/h4-13,25-26,29-30,33-34,37H,14-24,27-28H2,1-3H3,(H,44,50)(H,45,49);2-11,23-24,27-28,31-32,35H,12-22,25-26H2,1H3,(H,41,47)(H,42,46). The zero-order valence-electron chi connectivity index (χ0n) is 60.8. The van der Waals surface area contributed by atoms with Gasteiger partial charge in [-0.25, -0.2) is 24.2 Å². The molecule has 562 valence electrons. The highest BCUT2D eigenvalue weighted by Crippen LogP contribution is 2.27.